The lowest BCUT2D eigenvalue weighted by Crippen LogP contribution is -2.03. The van der Waals surface area contributed by atoms with Crippen LogP contribution in [-0.2, 0) is 6.42 Å². The van der Waals surface area contributed by atoms with Crippen molar-refractivity contribution in [2.75, 3.05) is 0 Å². The van der Waals surface area contributed by atoms with Gasteiger partial charge in [0, 0.05) is 12.0 Å². The first-order chi connectivity index (χ1) is 8.52. The average molecular weight is 252 g/mol. The van der Waals surface area contributed by atoms with Gasteiger partial charge in [-0.25, -0.2) is 8.78 Å². The van der Waals surface area contributed by atoms with E-state index >= 15 is 0 Å². The fourth-order valence-corrected chi connectivity index (χ4v) is 1.76. The molecule has 0 aliphatic rings. The Morgan fingerprint density at radius 1 is 1.22 bits per heavy atom. The van der Waals surface area contributed by atoms with Crippen molar-refractivity contribution in [3.05, 3.63) is 58.5 Å². The summed E-state index contributed by atoms with van der Waals surface area (Å²) in [6.45, 7) is 3.37. The van der Waals surface area contributed by atoms with Gasteiger partial charge in [0.2, 0.25) is 0 Å². The zero-order valence-corrected chi connectivity index (χ0v) is 10.2. The Morgan fingerprint density at radius 3 is 2.56 bits per heavy atom. The van der Waals surface area contributed by atoms with E-state index in [9.17, 15) is 13.9 Å². The predicted octanol–water partition coefficient (Wildman–Crippen LogP) is 3.51. The second kappa shape index (κ2) is 4.90. The number of benzene rings is 1. The largest absolute Gasteiger partial charge is 0.463 e. The Kier molecular flexibility index (Phi) is 3.48. The van der Waals surface area contributed by atoms with Crippen molar-refractivity contribution >= 4 is 0 Å². The summed E-state index contributed by atoms with van der Waals surface area (Å²) in [7, 11) is 0. The molecule has 96 valence electrons. The summed E-state index contributed by atoms with van der Waals surface area (Å²) >= 11 is 0. The number of rotatable bonds is 3. The van der Waals surface area contributed by atoms with Gasteiger partial charge in [-0.1, -0.05) is 6.92 Å². The molecular weight excluding hydrogens is 238 g/mol. The Balaban J connectivity index is 2.39. The number of halogens is 2. The molecule has 0 aliphatic heterocycles. The molecule has 0 saturated heterocycles. The van der Waals surface area contributed by atoms with Crippen LogP contribution in [0.3, 0.4) is 0 Å². The molecule has 2 aromatic rings. The van der Waals surface area contributed by atoms with E-state index in [0.29, 0.717) is 12.2 Å². The first-order valence-corrected chi connectivity index (χ1v) is 5.75. The molecule has 0 bridgehead atoms. The summed E-state index contributed by atoms with van der Waals surface area (Å²) in [4.78, 5) is 0. The lowest BCUT2D eigenvalue weighted by Gasteiger charge is -2.10. The van der Waals surface area contributed by atoms with Gasteiger partial charge in [0.15, 0.2) is 0 Å². The highest BCUT2D eigenvalue weighted by molar-refractivity contribution is 5.31. The van der Waals surface area contributed by atoms with Gasteiger partial charge in [0.05, 0.1) is 0 Å². The number of aryl methyl sites for hydroxylation is 2. The Hall–Kier alpha value is -1.68. The highest BCUT2D eigenvalue weighted by Crippen LogP contribution is 2.27. The third-order valence-corrected chi connectivity index (χ3v) is 2.87. The van der Waals surface area contributed by atoms with E-state index in [4.69, 9.17) is 4.42 Å². The van der Waals surface area contributed by atoms with E-state index in [-0.39, 0.29) is 16.9 Å². The zero-order chi connectivity index (χ0) is 13.3. The van der Waals surface area contributed by atoms with E-state index in [1.807, 2.05) is 6.92 Å². The summed E-state index contributed by atoms with van der Waals surface area (Å²) in [5.74, 6) is -0.283. The molecule has 1 aromatic heterocycles. The first-order valence-electron chi connectivity index (χ1n) is 5.75. The average Bonchev–Trinajstić information content (AvgIpc) is 2.81. The van der Waals surface area contributed by atoms with Gasteiger partial charge in [-0.15, -0.1) is 0 Å². The molecule has 0 fully saturated rings. The van der Waals surface area contributed by atoms with Crippen LogP contribution >= 0.6 is 0 Å². The van der Waals surface area contributed by atoms with Crippen molar-refractivity contribution in [1.82, 2.24) is 0 Å². The third kappa shape index (κ3) is 2.29. The molecule has 4 heteroatoms. The summed E-state index contributed by atoms with van der Waals surface area (Å²) in [6, 6.07) is 5.35. The lowest BCUT2D eigenvalue weighted by atomic mass is 10.0. The van der Waals surface area contributed by atoms with Crippen LogP contribution in [0.5, 0.6) is 0 Å². The summed E-state index contributed by atoms with van der Waals surface area (Å²) < 4.78 is 32.4. The highest BCUT2D eigenvalue weighted by atomic mass is 19.1. The van der Waals surface area contributed by atoms with Gasteiger partial charge in [-0.2, -0.15) is 0 Å². The lowest BCUT2D eigenvalue weighted by molar-refractivity contribution is 0.182. The maximum Gasteiger partial charge on any atom is 0.140 e. The van der Waals surface area contributed by atoms with Crippen molar-refractivity contribution in [3.63, 3.8) is 0 Å². The fraction of sp³-hybridized carbons (Fsp3) is 0.286. The van der Waals surface area contributed by atoms with E-state index < -0.39 is 17.7 Å². The van der Waals surface area contributed by atoms with Crippen LogP contribution < -0.4 is 0 Å². The molecule has 1 unspecified atom stereocenters. The van der Waals surface area contributed by atoms with Crippen molar-refractivity contribution in [2.45, 2.75) is 26.4 Å². The quantitative estimate of drug-likeness (QED) is 0.906. The standard InChI is InChI=1S/C14H14F2O2/c1-3-9-4-5-13(18-9)14(17)10-7-11(15)8(2)6-12(10)16/h4-7,14,17H,3H2,1-2H3. The molecule has 0 amide bonds. The first kappa shape index (κ1) is 12.8. The van der Waals surface area contributed by atoms with Gasteiger partial charge in [-0.3, -0.25) is 0 Å². The maximum absolute atomic E-state index is 13.7. The molecule has 1 N–H and O–H groups in total. The number of aliphatic hydroxyl groups excluding tert-OH is 1. The molecule has 0 radical (unpaired) electrons. The van der Waals surface area contributed by atoms with Crippen LogP contribution in [0.25, 0.3) is 0 Å². The smallest absolute Gasteiger partial charge is 0.140 e. The number of hydrogen-bond donors (Lipinski definition) is 1. The van der Waals surface area contributed by atoms with Crippen LogP contribution in [-0.4, -0.2) is 5.11 Å². The number of aliphatic hydroxyl groups is 1. The SMILES string of the molecule is CCc1ccc(C(O)c2cc(F)c(C)cc2F)o1. The van der Waals surface area contributed by atoms with Crippen LogP contribution in [0.1, 0.15) is 35.7 Å². The highest BCUT2D eigenvalue weighted by Gasteiger charge is 2.20. The number of hydrogen-bond acceptors (Lipinski definition) is 2. The minimum atomic E-state index is -1.29. The van der Waals surface area contributed by atoms with Crippen LogP contribution in [0, 0.1) is 18.6 Å². The van der Waals surface area contributed by atoms with E-state index in [1.54, 1.807) is 12.1 Å². The second-order valence-electron chi connectivity index (χ2n) is 4.18. The summed E-state index contributed by atoms with van der Waals surface area (Å²) in [5.41, 5.74) is 0.0900. The van der Waals surface area contributed by atoms with Crippen molar-refractivity contribution in [2.24, 2.45) is 0 Å². The molecule has 1 heterocycles. The minimum Gasteiger partial charge on any atom is -0.463 e. The minimum absolute atomic E-state index is 0.116. The van der Waals surface area contributed by atoms with Gasteiger partial charge in [-0.05, 0) is 36.8 Å². The van der Waals surface area contributed by atoms with Crippen LogP contribution in [0.15, 0.2) is 28.7 Å². The molecule has 1 atom stereocenters. The Morgan fingerprint density at radius 2 is 1.94 bits per heavy atom. The Labute approximate surface area is 104 Å². The van der Waals surface area contributed by atoms with Gasteiger partial charge < -0.3 is 9.52 Å². The Bertz CT molecular complexity index is 561. The summed E-state index contributed by atoms with van der Waals surface area (Å²) in [5, 5.41) is 10.00. The van der Waals surface area contributed by atoms with Gasteiger partial charge in [0.25, 0.3) is 0 Å². The summed E-state index contributed by atoms with van der Waals surface area (Å²) in [6.07, 6.45) is -0.613. The van der Waals surface area contributed by atoms with Crippen LogP contribution in [0.4, 0.5) is 8.78 Å². The number of furan rings is 1. The fourth-order valence-electron chi connectivity index (χ4n) is 1.76. The van der Waals surface area contributed by atoms with E-state index in [1.165, 1.54) is 6.92 Å². The molecule has 0 saturated carbocycles. The topological polar surface area (TPSA) is 33.4 Å². The normalized spacial score (nSPS) is 12.7. The van der Waals surface area contributed by atoms with Gasteiger partial charge >= 0.3 is 0 Å². The van der Waals surface area contributed by atoms with Crippen LogP contribution in [0.2, 0.25) is 0 Å². The predicted molar refractivity (Wildman–Crippen MR) is 63.2 cm³/mol. The van der Waals surface area contributed by atoms with Gasteiger partial charge in [0.1, 0.15) is 29.3 Å². The second-order valence-corrected chi connectivity index (χ2v) is 4.18. The van der Waals surface area contributed by atoms with Crippen molar-refractivity contribution in [3.8, 4) is 0 Å². The molecule has 1 aromatic carbocycles. The molecular formula is C14H14F2O2. The van der Waals surface area contributed by atoms with E-state index in [2.05, 4.69) is 0 Å². The monoisotopic (exact) mass is 252 g/mol. The van der Waals surface area contributed by atoms with Crippen molar-refractivity contribution < 1.29 is 18.3 Å². The molecule has 18 heavy (non-hydrogen) atoms. The molecule has 2 rings (SSSR count). The molecule has 0 spiro atoms. The molecule has 0 aliphatic carbocycles. The maximum atomic E-state index is 13.7. The molecule has 2 nitrogen and oxygen atoms in total. The van der Waals surface area contributed by atoms with E-state index in [0.717, 1.165) is 12.1 Å². The van der Waals surface area contributed by atoms with Crippen molar-refractivity contribution in [1.29, 1.82) is 0 Å². The zero-order valence-electron chi connectivity index (χ0n) is 10.2. The third-order valence-electron chi connectivity index (χ3n) is 2.87.